The number of allylic oxidation sites excluding steroid dienone is 1. The SMILES string of the molecule is C=C(CCCc1ccccc1)CC(C)(C(=O)OCC)C(=O)OCC. The molecule has 1 aromatic rings. The average molecular weight is 332 g/mol. The van der Waals surface area contributed by atoms with Gasteiger partial charge in [-0.1, -0.05) is 42.5 Å². The fourth-order valence-corrected chi connectivity index (χ4v) is 2.58. The normalized spacial score (nSPS) is 11.0. The highest BCUT2D eigenvalue weighted by Gasteiger charge is 2.44. The van der Waals surface area contributed by atoms with Gasteiger partial charge in [0.1, 0.15) is 0 Å². The highest BCUT2D eigenvalue weighted by molar-refractivity contribution is 5.99. The number of ether oxygens (including phenoxy) is 2. The van der Waals surface area contributed by atoms with Gasteiger partial charge >= 0.3 is 11.9 Å². The van der Waals surface area contributed by atoms with Crippen LogP contribution >= 0.6 is 0 Å². The number of hydrogen-bond donors (Lipinski definition) is 0. The number of carbonyl (C=O) groups excluding carboxylic acids is 2. The van der Waals surface area contributed by atoms with E-state index in [2.05, 4.69) is 18.7 Å². The lowest BCUT2D eigenvalue weighted by atomic mass is 9.82. The summed E-state index contributed by atoms with van der Waals surface area (Å²) in [5.41, 5.74) is 0.800. The summed E-state index contributed by atoms with van der Waals surface area (Å²) in [4.78, 5) is 24.5. The van der Waals surface area contributed by atoms with Crippen molar-refractivity contribution in [2.75, 3.05) is 13.2 Å². The highest BCUT2D eigenvalue weighted by atomic mass is 16.6. The van der Waals surface area contributed by atoms with Crippen molar-refractivity contribution < 1.29 is 19.1 Å². The Morgan fingerprint density at radius 2 is 1.58 bits per heavy atom. The molecule has 0 N–H and O–H groups in total. The molecule has 0 saturated carbocycles. The van der Waals surface area contributed by atoms with Gasteiger partial charge in [0.2, 0.25) is 0 Å². The van der Waals surface area contributed by atoms with Crippen molar-refractivity contribution in [3.63, 3.8) is 0 Å². The number of rotatable bonds is 10. The molecule has 0 aliphatic rings. The number of hydrogen-bond acceptors (Lipinski definition) is 4. The smallest absolute Gasteiger partial charge is 0.323 e. The lowest BCUT2D eigenvalue weighted by molar-refractivity contribution is -0.170. The van der Waals surface area contributed by atoms with Crippen LogP contribution in [0.2, 0.25) is 0 Å². The minimum atomic E-state index is -1.32. The summed E-state index contributed by atoms with van der Waals surface area (Å²) in [6.07, 6.45) is 2.86. The Morgan fingerprint density at radius 3 is 2.08 bits per heavy atom. The Morgan fingerprint density at radius 1 is 1.04 bits per heavy atom. The molecule has 0 amide bonds. The second kappa shape index (κ2) is 9.91. The van der Waals surface area contributed by atoms with Gasteiger partial charge < -0.3 is 9.47 Å². The Kier molecular flexibility index (Phi) is 8.24. The molecule has 0 spiro atoms. The van der Waals surface area contributed by atoms with Crippen molar-refractivity contribution in [1.82, 2.24) is 0 Å². The fraction of sp³-hybridized carbons (Fsp3) is 0.500. The van der Waals surface area contributed by atoms with Gasteiger partial charge in [-0.2, -0.15) is 0 Å². The molecule has 0 aliphatic heterocycles. The van der Waals surface area contributed by atoms with Crippen LogP contribution in [-0.4, -0.2) is 25.2 Å². The molecular weight excluding hydrogens is 304 g/mol. The van der Waals surface area contributed by atoms with Gasteiger partial charge in [0, 0.05) is 0 Å². The van der Waals surface area contributed by atoms with Crippen LogP contribution in [-0.2, 0) is 25.5 Å². The zero-order valence-corrected chi connectivity index (χ0v) is 15.0. The molecule has 0 saturated heterocycles. The van der Waals surface area contributed by atoms with Gasteiger partial charge in [0.25, 0.3) is 0 Å². The van der Waals surface area contributed by atoms with E-state index >= 15 is 0 Å². The average Bonchev–Trinajstić information content (AvgIpc) is 2.56. The molecule has 0 atom stereocenters. The topological polar surface area (TPSA) is 52.6 Å². The third-order valence-electron chi connectivity index (χ3n) is 3.89. The summed E-state index contributed by atoms with van der Waals surface area (Å²) in [7, 11) is 0. The molecule has 0 fully saturated rings. The first-order valence-electron chi connectivity index (χ1n) is 8.49. The Labute approximate surface area is 144 Å². The van der Waals surface area contributed by atoms with Crippen molar-refractivity contribution >= 4 is 11.9 Å². The fourth-order valence-electron chi connectivity index (χ4n) is 2.58. The van der Waals surface area contributed by atoms with Gasteiger partial charge in [0.05, 0.1) is 13.2 Å². The minimum Gasteiger partial charge on any atom is -0.465 e. The second-order valence-electron chi connectivity index (χ2n) is 6.04. The molecule has 4 heteroatoms. The summed E-state index contributed by atoms with van der Waals surface area (Å²) in [6.45, 7) is 9.52. The van der Waals surface area contributed by atoms with Crippen LogP contribution in [0.25, 0.3) is 0 Å². The zero-order chi connectivity index (χ0) is 18.0. The molecular formula is C20H28O4. The van der Waals surface area contributed by atoms with Crippen LogP contribution < -0.4 is 0 Å². The molecule has 132 valence electrons. The van der Waals surface area contributed by atoms with E-state index in [1.165, 1.54) is 5.56 Å². The molecule has 0 aromatic heterocycles. The minimum absolute atomic E-state index is 0.230. The van der Waals surface area contributed by atoms with E-state index in [1.807, 2.05) is 18.2 Å². The van der Waals surface area contributed by atoms with E-state index in [-0.39, 0.29) is 19.6 Å². The van der Waals surface area contributed by atoms with Crippen LogP contribution in [0, 0.1) is 5.41 Å². The molecule has 24 heavy (non-hydrogen) atoms. The summed E-state index contributed by atoms with van der Waals surface area (Å²) in [5, 5.41) is 0. The largest absolute Gasteiger partial charge is 0.465 e. The van der Waals surface area contributed by atoms with Crippen molar-refractivity contribution in [1.29, 1.82) is 0 Å². The molecule has 0 bridgehead atoms. The number of esters is 2. The van der Waals surface area contributed by atoms with Crippen molar-refractivity contribution in [3.05, 3.63) is 48.0 Å². The third kappa shape index (κ3) is 5.84. The Balaban J connectivity index is 2.63. The van der Waals surface area contributed by atoms with Gasteiger partial charge in [0.15, 0.2) is 5.41 Å². The summed E-state index contributed by atoms with van der Waals surface area (Å²) in [6, 6.07) is 10.2. The molecule has 0 heterocycles. The lowest BCUT2D eigenvalue weighted by Gasteiger charge is -2.25. The van der Waals surface area contributed by atoms with E-state index < -0.39 is 17.4 Å². The van der Waals surface area contributed by atoms with E-state index in [4.69, 9.17) is 9.47 Å². The van der Waals surface area contributed by atoms with Gasteiger partial charge in [-0.05, 0) is 52.0 Å². The predicted molar refractivity (Wildman–Crippen MR) is 94.5 cm³/mol. The van der Waals surface area contributed by atoms with Crippen molar-refractivity contribution in [3.8, 4) is 0 Å². The van der Waals surface area contributed by atoms with Gasteiger partial charge in [-0.25, -0.2) is 0 Å². The van der Waals surface area contributed by atoms with Gasteiger partial charge in [-0.15, -0.1) is 0 Å². The second-order valence-corrected chi connectivity index (χ2v) is 6.04. The highest BCUT2D eigenvalue weighted by Crippen LogP contribution is 2.31. The molecule has 0 unspecified atom stereocenters. The number of aryl methyl sites for hydroxylation is 1. The van der Waals surface area contributed by atoms with Gasteiger partial charge in [-0.3, -0.25) is 9.59 Å². The van der Waals surface area contributed by atoms with Crippen LogP contribution in [0.15, 0.2) is 42.5 Å². The molecule has 0 aliphatic carbocycles. The molecule has 1 rings (SSSR count). The first-order valence-corrected chi connectivity index (χ1v) is 8.49. The third-order valence-corrected chi connectivity index (χ3v) is 3.89. The van der Waals surface area contributed by atoms with Crippen LogP contribution in [0.3, 0.4) is 0 Å². The maximum absolute atomic E-state index is 12.2. The molecule has 4 nitrogen and oxygen atoms in total. The molecule has 1 aromatic carbocycles. The predicted octanol–water partition coefficient (Wildman–Crippen LogP) is 4.09. The standard InChI is InChI=1S/C20H28O4/c1-5-23-18(21)20(4,19(22)24-6-2)15-16(3)11-10-14-17-12-8-7-9-13-17/h7-9,12-13H,3,5-6,10-11,14-15H2,1-2,4H3. The lowest BCUT2D eigenvalue weighted by Crippen LogP contribution is -2.39. The van der Waals surface area contributed by atoms with Crippen molar-refractivity contribution in [2.24, 2.45) is 5.41 Å². The van der Waals surface area contributed by atoms with E-state index in [0.29, 0.717) is 0 Å². The number of carbonyl (C=O) groups is 2. The number of benzene rings is 1. The van der Waals surface area contributed by atoms with E-state index in [9.17, 15) is 9.59 Å². The zero-order valence-electron chi connectivity index (χ0n) is 15.0. The maximum Gasteiger partial charge on any atom is 0.323 e. The summed E-state index contributed by atoms with van der Waals surface area (Å²) >= 11 is 0. The maximum atomic E-state index is 12.2. The summed E-state index contributed by atoms with van der Waals surface area (Å²) in [5.74, 6) is -1.10. The van der Waals surface area contributed by atoms with Crippen LogP contribution in [0.5, 0.6) is 0 Å². The van der Waals surface area contributed by atoms with E-state index in [0.717, 1.165) is 24.8 Å². The van der Waals surface area contributed by atoms with Crippen LogP contribution in [0.1, 0.15) is 45.6 Å². The van der Waals surface area contributed by atoms with Crippen molar-refractivity contribution in [2.45, 2.75) is 46.5 Å². The van der Waals surface area contributed by atoms with E-state index in [1.54, 1.807) is 20.8 Å². The van der Waals surface area contributed by atoms with Crippen LogP contribution in [0.4, 0.5) is 0 Å². The first-order chi connectivity index (χ1) is 11.4. The molecule has 0 radical (unpaired) electrons. The Bertz CT molecular complexity index is 530. The Hall–Kier alpha value is -2.10. The first kappa shape index (κ1) is 19.9. The quantitative estimate of drug-likeness (QED) is 0.368. The monoisotopic (exact) mass is 332 g/mol. The summed E-state index contributed by atoms with van der Waals surface area (Å²) < 4.78 is 10.1.